The standard InChI is InChI=1S/C22H19NO3/c1-25-19-12-6-11-18(14-19)21-20(23-22(24)26-21)17-10-5-9-16(13-17)15-7-3-2-4-8-15/h2-14,20-21H,1H3,(H,23,24)/t20-,21+/m1/s1. The number of hydrogen-bond donors (Lipinski definition) is 1. The molecule has 3 aromatic carbocycles. The van der Waals surface area contributed by atoms with Gasteiger partial charge in [-0.2, -0.15) is 0 Å². The highest BCUT2D eigenvalue weighted by molar-refractivity contribution is 5.72. The Labute approximate surface area is 152 Å². The Morgan fingerprint density at radius 2 is 1.58 bits per heavy atom. The van der Waals surface area contributed by atoms with E-state index in [1.54, 1.807) is 7.11 Å². The van der Waals surface area contributed by atoms with Gasteiger partial charge in [-0.3, -0.25) is 0 Å². The van der Waals surface area contributed by atoms with Crippen molar-refractivity contribution in [3.8, 4) is 16.9 Å². The summed E-state index contributed by atoms with van der Waals surface area (Å²) in [5.41, 5.74) is 4.15. The molecule has 4 rings (SSSR count). The summed E-state index contributed by atoms with van der Waals surface area (Å²) in [6, 6.07) is 25.7. The second-order valence-electron chi connectivity index (χ2n) is 6.22. The number of nitrogens with one attached hydrogen (secondary N) is 1. The van der Waals surface area contributed by atoms with E-state index in [4.69, 9.17) is 9.47 Å². The fourth-order valence-corrected chi connectivity index (χ4v) is 3.30. The van der Waals surface area contributed by atoms with E-state index >= 15 is 0 Å². The summed E-state index contributed by atoms with van der Waals surface area (Å²) >= 11 is 0. The first-order chi connectivity index (χ1) is 12.7. The van der Waals surface area contributed by atoms with E-state index in [9.17, 15) is 4.79 Å². The van der Waals surface area contributed by atoms with Gasteiger partial charge in [0.05, 0.1) is 13.2 Å². The Kier molecular flexibility index (Phi) is 4.32. The zero-order chi connectivity index (χ0) is 17.9. The maximum Gasteiger partial charge on any atom is 0.408 e. The molecular formula is C22H19NO3. The molecular weight excluding hydrogens is 326 g/mol. The largest absolute Gasteiger partial charge is 0.497 e. The van der Waals surface area contributed by atoms with E-state index in [1.807, 2.05) is 54.6 Å². The van der Waals surface area contributed by atoms with E-state index in [0.29, 0.717) is 0 Å². The van der Waals surface area contributed by atoms with Crippen LogP contribution in [0.1, 0.15) is 23.3 Å². The summed E-state index contributed by atoms with van der Waals surface area (Å²) < 4.78 is 10.9. The van der Waals surface area contributed by atoms with Gasteiger partial charge in [-0.1, -0.05) is 60.7 Å². The SMILES string of the molecule is COc1cccc([C@@H]2OC(=O)N[C@@H]2c2cccc(-c3ccccc3)c2)c1. The highest BCUT2D eigenvalue weighted by atomic mass is 16.6. The Morgan fingerprint density at radius 1 is 0.846 bits per heavy atom. The molecule has 0 aliphatic carbocycles. The van der Waals surface area contributed by atoms with Crippen LogP contribution in [-0.4, -0.2) is 13.2 Å². The van der Waals surface area contributed by atoms with Crippen LogP contribution in [0.25, 0.3) is 11.1 Å². The second-order valence-corrected chi connectivity index (χ2v) is 6.22. The van der Waals surface area contributed by atoms with Crippen molar-refractivity contribution in [3.05, 3.63) is 90.0 Å². The molecule has 4 heteroatoms. The molecule has 1 heterocycles. The molecule has 1 fully saturated rings. The number of ether oxygens (including phenoxy) is 2. The third-order valence-corrected chi connectivity index (χ3v) is 4.59. The van der Waals surface area contributed by atoms with Crippen LogP contribution in [0.15, 0.2) is 78.9 Å². The Bertz CT molecular complexity index is 923. The fraction of sp³-hybridized carbons (Fsp3) is 0.136. The molecule has 1 amide bonds. The average Bonchev–Trinajstić information content (AvgIpc) is 3.11. The van der Waals surface area contributed by atoms with Crippen molar-refractivity contribution in [2.75, 3.05) is 7.11 Å². The van der Waals surface area contributed by atoms with Crippen LogP contribution in [-0.2, 0) is 4.74 Å². The molecule has 3 aromatic rings. The first-order valence-corrected chi connectivity index (χ1v) is 8.51. The Hall–Kier alpha value is -3.27. The van der Waals surface area contributed by atoms with Gasteiger partial charge < -0.3 is 14.8 Å². The van der Waals surface area contributed by atoms with Gasteiger partial charge in [-0.05, 0) is 40.5 Å². The number of alkyl carbamates (subject to hydrolysis) is 1. The Balaban J connectivity index is 1.70. The molecule has 0 unspecified atom stereocenters. The minimum absolute atomic E-state index is 0.252. The van der Waals surface area contributed by atoms with Gasteiger partial charge in [-0.25, -0.2) is 4.79 Å². The number of carbonyl (C=O) groups excluding carboxylic acids is 1. The number of carbonyl (C=O) groups is 1. The number of rotatable bonds is 4. The van der Waals surface area contributed by atoms with Crippen LogP contribution < -0.4 is 10.1 Å². The van der Waals surface area contributed by atoms with Crippen LogP contribution in [0, 0.1) is 0 Å². The molecule has 2 atom stereocenters. The lowest BCUT2D eigenvalue weighted by atomic mass is 9.94. The molecule has 1 aliphatic rings. The van der Waals surface area contributed by atoms with E-state index in [0.717, 1.165) is 28.0 Å². The number of hydrogen-bond acceptors (Lipinski definition) is 3. The van der Waals surface area contributed by atoms with Gasteiger partial charge in [0.15, 0.2) is 6.10 Å². The lowest BCUT2D eigenvalue weighted by Crippen LogP contribution is -2.19. The van der Waals surface area contributed by atoms with Gasteiger partial charge in [0, 0.05) is 0 Å². The van der Waals surface area contributed by atoms with Gasteiger partial charge in [0.2, 0.25) is 0 Å². The van der Waals surface area contributed by atoms with Crippen molar-refractivity contribution in [2.45, 2.75) is 12.1 Å². The monoisotopic (exact) mass is 345 g/mol. The van der Waals surface area contributed by atoms with Crippen LogP contribution in [0.4, 0.5) is 4.79 Å². The van der Waals surface area contributed by atoms with Gasteiger partial charge in [0.1, 0.15) is 5.75 Å². The first kappa shape index (κ1) is 16.2. The van der Waals surface area contributed by atoms with Crippen LogP contribution in [0.3, 0.4) is 0 Å². The molecule has 1 aliphatic heterocycles. The van der Waals surface area contributed by atoms with Crippen molar-refractivity contribution < 1.29 is 14.3 Å². The number of amides is 1. The maximum atomic E-state index is 12.0. The van der Waals surface area contributed by atoms with Crippen molar-refractivity contribution in [2.24, 2.45) is 0 Å². The summed E-state index contributed by atoms with van der Waals surface area (Å²) in [6.45, 7) is 0. The van der Waals surface area contributed by atoms with Crippen LogP contribution >= 0.6 is 0 Å². The molecule has 1 N–H and O–H groups in total. The van der Waals surface area contributed by atoms with E-state index in [1.165, 1.54) is 0 Å². The molecule has 130 valence electrons. The lowest BCUT2D eigenvalue weighted by molar-refractivity contribution is 0.132. The van der Waals surface area contributed by atoms with Gasteiger partial charge in [-0.15, -0.1) is 0 Å². The topological polar surface area (TPSA) is 47.6 Å². The fourth-order valence-electron chi connectivity index (χ4n) is 3.30. The quantitative estimate of drug-likeness (QED) is 0.733. The van der Waals surface area contributed by atoms with Gasteiger partial charge in [0.25, 0.3) is 0 Å². The minimum atomic E-state index is -0.409. The molecule has 26 heavy (non-hydrogen) atoms. The van der Waals surface area contributed by atoms with Crippen molar-refractivity contribution in [1.82, 2.24) is 5.32 Å². The lowest BCUT2D eigenvalue weighted by Gasteiger charge is -2.19. The van der Waals surface area contributed by atoms with Gasteiger partial charge >= 0.3 is 6.09 Å². The first-order valence-electron chi connectivity index (χ1n) is 8.51. The zero-order valence-electron chi connectivity index (χ0n) is 14.4. The van der Waals surface area contributed by atoms with Crippen molar-refractivity contribution >= 4 is 6.09 Å². The third kappa shape index (κ3) is 3.14. The van der Waals surface area contributed by atoms with E-state index < -0.39 is 12.2 Å². The Morgan fingerprint density at radius 3 is 2.38 bits per heavy atom. The highest BCUT2D eigenvalue weighted by Crippen LogP contribution is 2.38. The number of cyclic esters (lactones) is 1. The molecule has 0 radical (unpaired) electrons. The molecule has 0 spiro atoms. The summed E-state index contributed by atoms with van der Waals surface area (Å²) in [6.07, 6.45) is -0.809. The number of methoxy groups -OCH3 is 1. The summed E-state index contributed by atoms with van der Waals surface area (Å²) in [7, 11) is 1.62. The van der Waals surface area contributed by atoms with E-state index in [-0.39, 0.29) is 6.04 Å². The van der Waals surface area contributed by atoms with Crippen molar-refractivity contribution in [3.63, 3.8) is 0 Å². The minimum Gasteiger partial charge on any atom is -0.497 e. The molecule has 4 nitrogen and oxygen atoms in total. The maximum absolute atomic E-state index is 12.0. The number of benzene rings is 3. The van der Waals surface area contributed by atoms with Crippen LogP contribution in [0.2, 0.25) is 0 Å². The predicted molar refractivity (Wildman–Crippen MR) is 100.0 cm³/mol. The third-order valence-electron chi connectivity index (χ3n) is 4.59. The highest BCUT2D eigenvalue weighted by Gasteiger charge is 2.36. The summed E-state index contributed by atoms with van der Waals surface area (Å²) in [4.78, 5) is 12.0. The van der Waals surface area contributed by atoms with E-state index in [2.05, 4.69) is 29.6 Å². The second kappa shape index (κ2) is 6.92. The predicted octanol–water partition coefficient (Wildman–Crippen LogP) is 4.88. The van der Waals surface area contributed by atoms with Crippen LogP contribution in [0.5, 0.6) is 5.75 Å². The summed E-state index contributed by atoms with van der Waals surface area (Å²) in [5, 5.41) is 2.93. The normalized spacial score (nSPS) is 18.9. The molecule has 0 bridgehead atoms. The molecule has 1 saturated heterocycles. The van der Waals surface area contributed by atoms with Crippen molar-refractivity contribution in [1.29, 1.82) is 0 Å². The molecule has 0 saturated carbocycles. The average molecular weight is 345 g/mol. The molecule has 0 aromatic heterocycles. The zero-order valence-corrected chi connectivity index (χ0v) is 14.4. The summed E-state index contributed by atoms with van der Waals surface area (Å²) in [5.74, 6) is 0.738. The smallest absolute Gasteiger partial charge is 0.408 e.